The van der Waals surface area contributed by atoms with Gasteiger partial charge in [0.05, 0.1) is 0 Å². The van der Waals surface area contributed by atoms with Gasteiger partial charge in [-0.25, -0.2) is 0 Å². The van der Waals surface area contributed by atoms with Gasteiger partial charge in [0.2, 0.25) is 0 Å². The van der Waals surface area contributed by atoms with Gasteiger partial charge in [0, 0.05) is 44.0 Å². The Hall–Kier alpha value is -1.32. The average Bonchev–Trinajstić information content (AvgIpc) is 3.09. The molecule has 0 bridgehead atoms. The van der Waals surface area contributed by atoms with Gasteiger partial charge in [0.1, 0.15) is 6.04 Å². The molecule has 136 valence electrons. The van der Waals surface area contributed by atoms with Crippen LogP contribution in [0.1, 0.15) is 28.2 Å². The van der Waals surface area contributed by atoms with E-state index in [0.29, 0.717) is 26.2 Å². The van der Waals surface area contributed by atoms with Crippen LogP contribution < -0.4 is 10.6 Å². The van der Waals surface area contributed by atoms with E-state index < -0.39 is 24.7 Å². The summed E-state index contributed by atoms with van der Waals surface area (Å²) in [7, 11) is 0. The van der Waals surface area contributed by atoms with Gasteiger partial charge in [-0.2, -0.15) is 18.3 Å². The maximum Gasteiger partial charge on any atom is 0.405 e. The second kappa shape index (κ2) is 7.71. The summed E-state index contributed by atoms with van der Waals surface area (Å²) in [5, 5.41) is 12.2. The van der Waals surface area contributed by atoms with Gasteiger partial charge in [-0.1, -0.05) is 0 Å². The third-order valence-electron chi connectivity index (χ3n) is 4.45. The Morgan fingerprint density at radius 3 is 2.67 bits per heavy atom. The summed E-state index contributed by atoms with van der Waals surface area (Å²) >= 11 is 0. The van der Waals surface area contributed by atoms with Crippen LogP contribution in [0.2, 0.25) is 0 Å². The largest absolute Gasteiger partial charge is 0.405 e. The first-order valence-corrected chi connectivity index (χ1v) is 7.82. The zero-order valence-corrected chi connectivity index (χ0v) is 13.9. The minimum absolute atomic E-state index is 0. The molecule has 0 aromatic carbocycles. The fourth-order valence-corrected chi connectivity index (χ4v) is 3.23. The minimum atomic E-state index is -4.38. The number of piperazine rings is 1. The number of amides is 1. The van der Waals surface area contributed by atoms with Crippen LogP contribution in [-0.2, 0) is 12.8 Å². The molecule has 10 heteroatoms. The van der Waals surface area contributed by atoms with Crippen molar-refractivity contribution in [3.05, 3.63) is 17.0 Å². The number of aromatic amines is 1. The number of nitrogens with zero attached hydrogens (tertiary/aromatic N) is 2. The molecule has 1 atom stereocenters. The summed E-state index contributed by atoms with van der Waals surface area (Å²) in [4.78, 5) is 13.6. The quantitative estimate of drug-likeness (QED) is 0.739. The van der Waals surface area contributed by atoms with E-state index >= 15 is 0 Å². The zero-order valence-electron chi connectivity index (χ0n) is 13.1. The lowest BCUT2D eigenvalue weighted by Crippen LogP contribution is -2.57. The molecule has 1 aromatic rings. The molecule has 1 amide bonds. The molecule has 0 spiro atoms. The standard InChI is InChI=1S/C14H20F3N5O.ClH/c15-14(16,17)11(22-6-4-18-5-7-22)8-19-13(23)12-9-2-1-3-10(9)20-21-12;/h11,18H,1-8H2,(H,19,23)(H,20,21);1H. The van der Waals surface area contributed by atoms with Crippen LogP contribution in [0.5, 0.6) is 0 Å². The molecule has 0 radical (unpaired) electrons. The van der Waals surface area contributed by atoms with E-state index in [1.54, 1.807) is 0 Å². The van der Waals surface area contributed by atoms with Crippen LogP contribution in [-0.4, -0.2) is 65.9 Å². The van der Waals surface area contributed by atoms with Crippen molar-refractivity contribution in [1.82, 2.24) is 25.7 Å². The van der Waals surface area contributed by atoms with Gasteiger partial charge in [-0.15, -0.1) is 12.4 Å². The number of rotatable bonds is 4. The number of fused-ring (bicyclic) bond motifs is 1. The van der Waals surface area contributed by atoms with Crippen molar-refractivity contribution in [2.24, 2.45) is 0 Å². The molecule has 2 aliphatic rings. The van der Waals surface area contributed by atoms with Crippen LogP contribution in [0.3, 0.4) is 0 Å². The topological polar surface area (TPSA) is 73.1 Å². The molecule has 1 aliphatic carbocycles. The van der Waals surface area contributed by atoms with E-state index in [9.17, 15) is 18.0 Å². The number of alkyl halides is 3. The predicted molar refractivity (Wildman–Crippen MR) is 84.5 cm³/mol. The average molecular weight is 368 g/mol. The first-order valence-electron chi connectivity index (χ1n) is 7.82. The number of nitrogens with one attached hydrogen (secondary N) is 3. The second-order valence-corrected chi connectivity index (χ2v) is 5.94. The second-order valence-electron chi connectivity index (χ2n) is 5.94. The lowest BCUT2D eigenvalue weighted by molar-refractivity contribution is -0.183. The Labute approximate surface area is 144 Å². The molecular weight excluding hydrogens is 347 g/mol. The number of carbonyl (C=O) groups is 1. The number of aryl methyl sites for hydroxylation is 1. The SMILES string of the molecule is Cl.O=C(NCC(N1CCNCC1)C(F)(F)F)c1n[nH]c2c1CCC2. The predicted octanol–water partition coefficient (Wildman–Crippen LogP) is 0.886. The number of halogens is 4. The van der Waals surface area contributed by atoms with Crippen LogP contribution >= 0.6 is 12.4 Å². The highest BCUT2D eigenvalue weighted by Gasteiger charge is 2.44. The first-order chi connectivity index (χ1) is 11.0. The van der Waals surface area contributed by atoms with Gasteiger partial charge in [-0.3, -0.25) is 14.8 Å². The molecule has 0 saturated carbocycles. The summed E-state index contributed by atoms with van der Waals surface area (Å²) in [5.74, 6) is -0.534. The molecule has 1 aliphatic heterocycles. The van der Waals surface area contributed by atoms with Crippen molar-refractivity contribution in [3.63, 3.8) is 0 Å². The third kappa shape index (κ3) is 4.01. The van der Waals surface area contributed by atoms with Gasteiger partial charge in [0.25, 0.3) is 5.91 Å². The van der Waals surface area contributed by atoms with Crippen molar-refractivity contribution in [2.45, 2.75) is 31.5 Å². The van der Waals surface area contributed by atoms with E-state index in [1.807, 2.05) is 0 Å². The van der Waals surface area contributed by atoms with Gasteiger partial charge >= 0.3 is 6.18 Å². The maximum atomic E-state index is 13.3. The van der Waals surface area contributed by atoms with Crippen molar-refractivity contribution in [1.29, 1.82) is 0 Å². The molecule has 3 rings (SSSR count). The van der Waals surface area contributed by atoms with Crippen LogP contribution in [0.4, 0.5) is 13.2 Å². The minimum Gasteiger partial charge on any atom is -0.349 e. The van der Waals surface area contributed by atoms with Crippen LogP contribution in [0.25, 0.3) is 0 Å². The van der Waals surface area contributed by atoms with Gasteiger partial charge in [-0.05, 0) is 19.3 Å². The lowest BCUT2D eigenvalue weighted by atomic mass is 10.1. The van der Waals surface area contributed by atoms with E-state index in [1.165, 1.54) is 4.90 Å². The molecule has 24 heavy (non-hydrogen) atoms. The zero-order chi connectivity index (χ0) is 16.4. The van der Waals surface area contributed by atoms with Crippen LogP contribution in [0, 0.1) is 0 Å². The summed E-state index contributed by atoms with van der Waals surface area (Å²) < 4.78 is 39.8. The molecule has 6 nitrogen and oxygen atoms in total. The van der Waals surface area contributed by atoms with Crippen LogP contribution in [0.15, 0.2) is 0 Å². The highest BCUT2D eigenvalue weighted by molar-refractivity contribution is 5.94. The van der Waals surface area contributed by atoms with Gasteiger partial charge in [0.15, 0.2) is 5.69 Å². The number of aromatic nitrogens is 2. The van der Waals surface area contributed by atoms with Crippen molar-refractivity contribution >= 4 is 18.3 Å². The Kier molecular flexibility index (Phi) is 6.11. The van der Waals surface area contributed by atoms with E-state index in [4.69, 9.17) is 0 Å². The fourth-order valence-electron chi connectivity index (χ4n) is 3.23. The van der Waals surface area contributed by atoms with E-state index in [0.717, 1.165) is 30.5 Å². The summed E-state index contributed by atoms with van der Waals surface area (Å²) in [6.45, 7) is 1.22. The number of hydrogen-bond donors (Lipinski definition) is 3. The molecule has 3 N–H and O–H groups in total. The van der Waals surface area contributed by atoms with E-state index in [-0.39, 0.29) is 18.1 Å². The first kappa shape index (κ1) is 19.0. The Balaban J connectivity index is 0.00000208. The van der Waals surface area contributed by atoms with Crippen molar-refractivity contribution in [3.8, 4) is 0 Å². The molecule has 1 aromatic heterocycles. The Bertz CT molecular complexity index is 571. The Morgan fingerprint density at radius 2 is 2.00 bits per heavy atom. The molecule has 1 unspecified atom stereocenters. The van der Waals surface area contributed by atoms with Crippen molar-refractivity contribution in [2.75, 3.05) is 32.7 Å². The number of hydrogen-bond acceptors (Lipinski definition) is 4. The Morgan fingerprint density at radius 1 is 1.29 bits per heavy atom. The maximum absolute atomic E-state index is 13.3. The summed E-state index contributed by atoms with van der Waals surface area (Å²) in [6, 6.07) is -1.67. The van der Waals surface area contributed by atoms with Gasteiger partial charge < -0.3 is 10.6 Å². The summed E-state index contributed by atoms with van der Waals surface area (Å²) in [5.41, 5.74) is 2.00. The number of H-pyrrole nitrogens is 1. The lowest BCUT2D eigenvalue weighted by Gasteiger charge is -2.35. The van der Waals surface area contributed by atoms with Crippen molar-refractivity contribution < 1.29 is 18.0 Å². The normalized spacial score (nSPS) is 19.5. The molecular formula is C14H21ClF3N5O. The smallest absolute Gasteiger partial charge is 0.349 e. The summed E-state index contributed by atoms with van der Waals surface area (Å²) in [6.07, 6.45) is -1.86. The highest BCUT2D eigenvalue weighted by Crippen LogP contribution is 2.25. The fraction of sp³-hybridized carbons (Fsp3) is 0.714. The molecule has 2 heterocycles. The monoisotopic (exact) mass is 367 g/mol. The number of carbonyl (C=O) groups excluding carboxylic acids is 1. The molecule has 1 fully saturated rings. The molecule has 1 saturated heterocycles. The third-order valence-corrected chi connectivity index (χ3v) is 4.45. The highest BCUT2D eigenvalue weighted by atomic mass is 35.5. The van der Waals surface area contributed by atoms with E-state index in [2.05, 4.69) is 20.8 Å².